The van der Waals surface area contributed by atoms with Crippen LogP contribution in [0.3, 0.4) is 0 Å². The summed E-state index contributed by atoms with van der Waals surface area (Å²) in [6, 6.07) is 6.16. The van der Waals surface area contributed by atoms with E-state index in [1.807, 2.05) is 6.20 Å². The smallest absolute Gasteiger partial charge is 0.307 e. The molecule has 2 unspecified atom stereocenters. The van der Waals surface area contributed by atoms with E-state index in [4.69, 9.17) is 0 Å². The van der Waals surface area contributed by atoms with Gasteiger partial charge in [0.2, 0.25) is 0 Å². The fourth-order valence-corrected chi connectivity index (χ4v) is 3.20. The van der Waals surface area contributed by atoms with Gasteiger partial charge in [0.1, 0.15) is 5.82 Å². The van der Waals surface area contributed by atoms with Crippen LogP contribution in [0.5, 0.6) is 0 Å². The number of benzene rings is 1. The quantitative estimate of drug-likeness (QED) is 0.941. The molecule has 3 rings (SSSR count). The zero-order valence-electron chi connectivity index (χ0n) is 13.0. The molecule has 1 N–H and O–H groups in total. The molecule has 6 heteroatoms. The largest absolute Gasteiger partial charge is 0.481 e. The number of carboxylic acids is 1. The highest BCUT2D eigenvalue weighted by Crippen LogP contribution is 2.23. The molecule has 1 fully saturated rings. The Kier molecular flexibility index (Phi) is 4.43. The first-order valence-electron chi connectivity index (χ1n) is 7.76. The number of nitrogens with zero attached hydrogens (tertiary/aromatic N) is 3. The minimum Gasteiger partial charge on any atom is -0.481 e. The van der Waals surface area contributed by atoms with Crippen LogP contribution >= 0.6 is 0 Å². The van der Waals surface area contributed by atoms with Crippen molar-refractivity contribution in [3.8, 4) is 5.69 Å². The molecule has 1 saturated heterocycles. The van der Waals surface area contributed by atoms with Crippen molar-refractivity contribution < 1.29 is 14.3 Å². The molecular weight excluding hydrogens is 297 g/mol. The lowest BCUT2D eigenvalue weighted by Crippen LogP contribution is -2.41. The predicted octanol–water partition coefficient (Wildman–Crippen LogP) is 2.55. The Hall–Kier alpha value is -2.21. The van der Waals surface area contributed by atoms with E-state index in [0.29, 0.717) is 19.0 Å². The molecule has 1 aromatic carbocycles. The van der Waals surface area contributed by atoms with E-state index >= 15 is 0 Å². The molecule has 0 saturated carbocycles. The number of likely N-dealkylation sites (tertiary alicyclic amines) is 1. The average molecular weight is 317 g/mol. The molecular formula is C17H20FN3O2. The number of hydrogen-bond acceptors (Lipinski definition) is 3. The van der Waals surface area contributed by atoms with Crippen molar-refractivity contribution in [3.63, 3.8) is 0 Å². The van der Waals surface area contributed by atoms with E-state index in [0.717, 1.165) is 24.2 Å². The Bertz CT molecular complexity index is 683. The number of aromatic nitrogens is 2. The number of rotatable bonds is 4. The van der Waals surface area contributed by atoms with E-state index in [2.05, 4.69) is 16.9 Å². The first kappa shape index (κ1) is 15.7. The zero-order chi connectivity index (χ0) is 16.4. The average Bonchev–Trinajstić information content (AvgIpc) is 2.95. The summed E-state index contributed by atoms with van der Waals surface area (Å²) >= 11 is 0. The predicted molar refractivity (Wildman–Crippen MR) is 83.7 cm³/mol. The normalized spacial score (nSPS) is 22.2. The van der Waals surface area contributed by atoms with Gasteiger partial charge in [-0.2, -0.15) is 5.10 Å². The first-order chi connectivity index (χ1) is 11.0. The molecule has 0 spiro atoms. The van der Waals surface area contributed by atoms with E-state index in [1.165, 1.54) is 12.1 Å². The Morgan fingerprint density at radius 2 is 2.09 bits per heavy atom. The van der Waals surface area contributed by atoms with Crippen molar-refractivity contribution in [1.29, 1.82) is 0 Å². The molecule has 1 aliphatic heterocycles. The summed E-state index contributed by atoms with van der Waals surface area (Å²) in [6.07, 6.45) is 4.42. The monoisotopic (exact) mass is 317 g/mol. The van der Waals surface area contributed by atoms with Gasteiger partial charge < -0.3 is 5.11 Å². The Morgan fingerprint density at radius 3 is 2.78 bits per heavy atom. The lowest BCUT2D eigenvalue weighted by molar-refractivity contribution is -0.144. The van der Waals surface area contributed by atoms with Gasteiger partial charge in [0.25, 0.3) is 0 Å². The van der Waals surface area contributed by atoms with Gasteiger partial charge in [-0.3, -0.25) is 9.69 Å². The summed E-state index contributed by atoms with van der Waals surface area (Å²) in [7, 11) is 0. The van der Waals surface area contributed by atoms with Crippen LogP contribution in [0, 0.1) is 17.7 Å². The van der Waals surface area contributed by atoms with E-state index in [9.17, 15) is 14.3 Å². The fraction of sp³-hybridized carbons (Fsp3) is 0.412. The fourth-order valence-electron chi connectivity index (χ4n) is 3.20. The van der Waals surface area contributed by atoms with Crippen LogP contribution in [-0.2, 0) is 11.3 Å². The molecule has 2 heterocycles. The number of piperidine rings is 1. The summed E-state index contributed by atoms with van der Waals surface area (Å²) < 4.78 is 14.7. The van der Waals surface area contributed by atoms with Gasteiger partial charge in [0.15, 0.2) is 0 Å². The highest BCUT2D eigenvalue weighted by molar-refractivity contribution is 5.70. The van der Waals surface area contributed by atoms with Gasteiger partial charge in [-0.25, -0.2) is 9.07 Å². The maximum Gasteiger partial charge on any atom is 0.307 e. The van der Waals surface area contributed by atoms with E-state index < -0.39 is 5.97 Å². The minimum absolute atomic E-state index is 0.275. The lowest BCUT2D eigenvalue weighted by Gasteiger charge is -2.34. The SMILES string of the molecule is CC1CC(C(=O)O)CN(Cc2cnn(-c3ccc(F)cc3)c2)C1. The topological polar surface area (TPSA) is 58.4 Å². The molecule has 2 aromatic rings. The van der Waals surface area contributed by atoms with E-state index in [-0.39, 0.29) is 11.7 Å². The van der Waals surface area contributed by atoms with Crippen LogP contribution in [-0.4, -0.2) is 38.8 Å². The third-order valence-electron chi connectivity index (χ3n) is 4.22. The second-order valence-electron chi connectivity index (χ2n) is 6.34. The van der Waals surface area contributed by atoms with Crippen LogP contribution in [0.1, 0.15) is 18.9 Å². The second kappa shape index (κ2) is 6.50. The Labute approximate surface area is 134 Å². The molecule has 122 valence electrons. The third-order valence-corrected chi connectivity index (χ3v) is 4.22. The molecule has 5 nitrogen and oxygen atoms in total. The van der Waals surface area contributed by atoms with Gasteiger partial charge in [-0.1, -0.05) is 6.92 Å². The number of carbonyl (C=O) groups is 1. The summed E-state index contributed by atoms with van der Waals surface area (Å²) in [4.78, 5) is 13.4. The van der Waals surface area contributed by atoms with E-state index in [1.54, 1.807) is 23.0 Å². The molecule has 0 bridgehead atoms. The maximum atomic E-state index is 13.0. The van der Waals surface area contributed by atoms with Crippen LogP contribution in [0.2, 0.25) is 0 Å². The first-order valence-corrected chi connectivity index (χ1v) is 7.76. The van der Waals surface area contributed by atoms with Crippen LogP contribution in [0.25, 0.3) is 5.69 Å². The van der Waals surface area contributed by atoms with Crippen LogP contribution < -0.4 is 0 Å². The van der Waals surface area contributed by atoms with Gasteiger partial charge in [-0.15, -0.1) is 0 Å². The van der Waals surface area contributed by atoms with Crippen molar-refractivity contribution in [3.05, 3.63) is 48.0 Å². The lowest BCUT2D eigenvalue weighted by atomic mass is 9.90. The van der Waals surface area contributed by atoms with Gasteiger partial charge in [-0.05, 0) is 36.6 Å². The summed E-state index contributed by atoms with van der Waals surface area (Å²) in [5, 5.41) is 13.5. The summed E-state index contributed by atoms with van der Waals surface area (Å²) in [6.45, 7) is 4.23. The van der Waals surface area contributed by atoms with Crippen LogP contribution in [0.4, 0.5) is 4.39 Å². The van der Waals surface area contributed by atoms with Crippen molar-refractivity contribution in [2.75, 3.05) is 13.1 Å². The Balaban J connectivity index is 1.69. The zero-order valence-corrected chi connectivity index (χ0v) is 13.0. The molecule has 23 heavy (non-hydrogen) atoms. The molecule has 1 aliphatic rings. The number of halogens is 1. The molecule has 1 aromatic heterocycles. The van der Waals surface area contributed by atoms with Crippen molar-refractivity contribution >= 4 is 5.97 Å². The van der Waals surface area contributed by atoms with Crippen molar-refractivity contribution in [2.45, 2.75) is 19.9 Å². The minimum atomic E-state index is -0.719. The standard InChI is InChI=1S/C17H20FN3O2/c1-12-6-14(17(22)23)11-20(8-12)9-13-7-19-21(10-13)16-4-2-15(18)3-5-16/h2-5,7,10,12,14H,6,8-9,11H2,1H3,(H,22,23). The van der Waals surface area contributed by atoms with Gasteiger partial charge >= 0.3 is 5.97 Å². The number of carboxylic acid groups (broad SMARTS) is 1. The molecule has 0 amide bonds. The highest BCUT2D eigenvalue weighted by atomic mass is 19.1. The van der Waals surface area contributed by atoms with Gasteiger partial charge in [0.05, 0.1) is 17.8 Å². The third kappa shape index (κ3) is 3.76. The maximum absolute atomic E-state index is 13.0. The highest BCUT2D eigenvalue weighted by Gasteiger charge is 2.29. The summed E-state index contributed by atoms with van der Waals surface area (Å²) in [5.41, 5.74) is 1.82. The van der Waals surface area contributed by atoms with Crippen molar-refractivity contribution in [1.82, 2.24) is 14.7 Å². The molecule has 2 atom stereocenters. The molecule has 0 radical (unpaired) electrons. The summed E-state index contributed by atoms with van der Waals surface area (Å²) in [5.74, 6) is -0.922. The second-order valence-corrected chi connectivity index (χ2v) is 6.34. The number of hydrogen-bond donors (Lipinski definition) is 1. The number of aliphatic carboxylic acids is 1. The van der Waals surface area contributed by atoms with Crippen LogP contribution in [0.15, 0.2) is 36.7 Å². The Morgan fingerprint density at radius 1 is 1.35 bits per heavy atom. The van der Waals surface area contributed by atoms with Gasteiger partial charge in [0, 0.05) is 31.4 Å². The molecule has 0 aliphatic carbocycles. The van der Waals surface area contributed by atoms with Crippen molar-refractivity contribution in [2.24, 2.45) is 11.8 Å².